The highest BCUT2D eigenvalue weighted by Crippen LogP contribution is 2.37. The molecule has 0 N–H and O–H groups in total. The van der Waals surface area contributed by atoms with E-state index in [4.69, 9.17) is 13.9 Å². The summed E-state index contributed by atoms with van der Waals surface area (Å²) < 4.78 is 18.0. The lowest BCUT2D eigenvalue weighted by molar-refractivity contribution is -0.128. The fourth-order valence-electron chi connectivity index (χ4n) is 5.12. The van der Waals surface area contributed by atoms with Crippen LogP contribution in [-0.4, -0.2) is 68.1 Å². The fraction of sp³-hybridized carbons (Fsp3) is 0.556. The average Bonchev–Trinajstić information content (AvgIpc) is 3.78. The highest BCUT2D eigenvalue weighted by molar-refractivity contribution is 6.74. The van der Waals surface area contributed by atoms with E-state index < -0.39 is 13.9 Å². The third-order valence-corrected chi connectivity index (χ3v) is 13.3. The molecule has 0 saturated heterocycles. The van der Waals surface area contributed by atoms with Gasteiger partial charge < -0.3 is 23.7 Å². The van der Waals surface area contributed by atoms with Gasteiger partial charge in [0, 0.05) is 24.7 Å². The van der Waals surface area contributed by atoms with Crippen LogP contribution in [0.4, 0.5) is 4.79 Å². The Morgan fingerprint density at radius 1 is 0.977 bits per heavy atom. The van der Waals surface area contributed by atoms with Crippen LogP contribution in [0.25, 0.3) is 5.57 Å². The number of benzene rings is 2. The van der Waals surface area contributed by atoms with Crippen LogP contribution >= 0.6 is 0 Å². The molecule has 1 fully saturated rings. The Hall–Kier alpha value is -3.10. The zero-order valence-corrected chi connectivity index (χ0v) is 29.3. The van der Waals surface area contributed by atoms with Crippen molar-refractivity contribution in [2.75, 3.05) is 26.3 Å². The molecule has 0 atom stereocenters. The van der Waals surface area contributed by atoms with Crippen LogP contribution in [0.1, 0.15) is 77.5 Å². The van der Waals surface area contributed by atoms with Gasteiger partial charge in [-0.1, -0.05) is 62.7 Å². The van der Waals surface area contributed by atoms with Crippen molar-refractivity contribution in [3.63, 3.8) is 0 Å². The molecular formula is C36H52N2O5Si. The second kappa shape index (κ2) is 13.5. The smallest absolute Gasteiger partial charge is 0.410 e. The molecule has 0 aromatic heterocycles. The van der Waals surface area contributed by atoms with Gasteiger partial charge in [-0.25, -0.2) is 4.79 Å². The monoisotopic (exact) mass is 620 g/mol. The molecule has 44 heavy (non-hydrogen) atoms. The van der Waals surface area contributed by atoms with Crippen molar-refractivity contribution in [2.24, 2.45) is 0 Å². The summed E-state index contributed by atoms with van der Waals surface area (Å²) in [7, 11) is -1.82. The Kier molecular flexibility index (Phi) is 10.4. The highest BCUT2D eigenvalue weighted by atomic mass is 28.4. The van der Waals surface area contributed by atoms with E-state index in [0.29, 0.717) is 38.3 Å². The molecule has 2 aliphatic rings. The third kappa shape index (κ3) is 8.97. The quantitative estimate of drug-likeness (QED) is 0.199. The first-order valence-electron chi connectivity index (χ1n) is 16.0. The number of rotatable bonds is 10. The first-order valence-corrected chi connectivity index (χ1v) is 18.9. The van der Waals surface area contributed by atoms with E-state index in [-0.39, 0.29) is 29.6 Å². The number of hydrogen-bond acceptors (Lipinski definition) is 5. The molecule has 0 bridgehead atoms. The highest BCUT2D eigenvalue weighted by Gasteiger charge is 2.38. The number of ether oxygens (including phenoxy) is 2. The van der Waals surface area contributed by atoms with Crippen LogP contribution in [0.3, 0.4) is 0 Å². The first kappa shape index (κ1) is 33.8. The maximum Gasteiger partial charge on any atom is 0.410 e. The normalized spacial score (nSPS) is 16.2. The Morgan fingerprint density at radius 2 is 1.66 bits per heavy atom. The lowest BCUT2D eigenvalue weighted by Crippen LogP contribution is -2.44. The SMILES string of the molecule is Cc1cccc(CN(C(=O)C2=C(c3ccc(OCCO[Si](C)(C)C(C)(C)C)cc3)CCN(C(=O)OC(C)(C)C)C2)C2CC2)c1. The van der Waals surface area contributed by atoms with Gasteiger partial charge in [0.1, 0.15) is 18.0 Å². The Balaban J connectivity index is 1.55. The summed E-state index contributed by atoms with van der Waals surface area (Å²) in [4.78, 5) is 31.1. The minimum absolute atomic E-state index is 0.000342. The van der Waals surface area contributed by atoms with Crippen LogP contribution in [0.5, 0.6) is 5.75 Å². The van der Waals surface area contributed by atoms with E-state index in [0.717, 1.165) is 35.3 Å². The minimum atomic E-state index is -1.82. The fourth-order valence-corrected chi connectivity index (χ4v) is 6.15. The minimum Gasteiger partial charge on any atom is -0.491 e. The van der Waals surface area contributed by atoms with Crippen LogP contribution in [0, 0.1) is 6.92 Å². The molecule has 0 spiro atoms. The largest absolute Gasteiger partial charge is 0.491 e. The molecule has 1 heterocycles. The predicted molar refractivity (Wildman–Crippen MR) is 179 cm³/mol. The molecule has 8 heteroatoms. The van der Waals surface area contributed by atoms with Crippen molar-refractivity contribution in [2.45, 2.75) is 104 Å². The Morgan fingerprint density at radius 3 is 2.25 bits per heavy atom. The standard InChI is InChI=1S/C36H52N2O5Si/c1-26-11-10-12-27(23-26)24-38(29-15-16-29)33(39)32-25-37(34(40)43-35(2,3)4)20-19-31(32)28-13-17-30(18-14-28)41-21-22-42-44(8,9)36(5,6)7/h10-14,17-18,23,29H,15-16,19-22,24-25H2,1-9H3. The van der Waals surface area contributed by atoms with Gasteiger partial charge in [-0.05, 0) is 93.9 Å². The van der Waals surface area contributed by atoms with E-state index in [2.05, 4.69) is 59.0 Å². The summed E-state index contributed by atoms with van der Waals surface area (Å²) in [6.45, 7) is 21.2. The van der Waals surface area contributed by atoms with Gasteiger partial charge in [-0.15, -0.1) is 0 Å². The molecule has 4 rings (SSSR count). The molecule has 2 aromatic carbocycles. The third-order valence-electron chi connectivity index (χ3n) is 8.76. The Labute approximate surface area is 265 Å². The summed E-state index contributed by atoms with van der Waals surface area (Å²) in [5.74, 6) is 0.770. The first-order chi connectivity index (χ1) is 20.5. The van der Waals surface area contributed by atoms with Gasteiger partial charge >= 0.3 is 6.09 Å². The van der Waals surface area contributed by atoms with Gasteiger partial charge in [0.05, 0.1) is 13.2 Å². The summed E-state index contributed by atoms with van der Waals surface area (Å²) in [5.41, 5.74) is 4.31. The molecular weight excluding hydrogens is 568 g/mol. The van der Waals surface area contributed by atoms with Gasteiger partial charge in [0.15, 0.2) is 8.32 Å². The van der Waals surface area contributed by atoms with Crippen LogP contribution in [-0.2, 0) is 20.5 Å². The van der Waals surface area contributed by atoms with E-state index in [1.807, 2.05) is 56.0 Å². The predicted octanol–water partition coefficient (Wildman–Crippen LogP) is 7.98. The number of amides is 2. The van der Waals surface area contributed by atoms with Crippen molar-refractivity contribution in [1.29, 1.82) is 0 Å². The molecule has 1 aliphatic carbocycles. The summed E-state index contributed by atoms with van der Waals surface area (Å²) in [6, 6.07) is 16.5. The van der Waals surface area contributed by atoms with E-state index >= 15 is 0 Å². The van der Waals surface area contributed by atoms with Crippen molar-refractivity contribution in [3.05, 3.63) is 70.8 Å². The molecule has 240 valence electrons. The van der Waals surface area contributed by atoms with Gasteiger partial charge in [0.2, 0.25) is 0 Å². The van der Waals surface area contributed by atoms with Gasteiger partial charge in [-0.2, -0.15) is 0 Å². The molecule has 1 saturated carbocycles. The number of carbonyl (C=O) groups is 2. The maximum absolute atomic E-state index is 14.4. The van der Waals surface area contributed by atoms with Gasteiger partial charge in [0.25, 0.3) is 5.91 Å². The Bertz CT molecular complexity index is 1350. The zero-order chi connectivity index (χ0) is 32.3. The summed E-state index contributed by atoms with van der Waals surface area (Å²) in [5, 5.41) is 0.158. The second-order valence-electron chi connectivity index (χ2n) is 14.7. The average molecular weight is 621 g/mol. The number of carbonyl (C=O) groups excluding carboxylic acids is 2. The van der Waals surface area contributed by atoms with Crippen molar-refractivity contribution in [3.8, 4) is 5.75 Å². The van der Waals surface area contributed by atoms with Crippen molar-refractivity contribution < 1.29 is 23.5 Å². The summed E-state index contributed by atoms with van der Waals surface area (Å²) >= 11 is 0. The zero-order valence-electron chi connectivity index (χ0n) is 28.3. The van der Waals surface area contributed by atoms with Crippen molar-refractivity contribution in [1.82, 2.24) is 9.80 Å². The maximum atomic E-state index is 14.4. The van der Waals surface area contributed by atoms with Crippen LogP contribution < -0.4 is 4.74 Å². The second-order valence-corrected chi connectivity index (χ2v) is 19.6. The lowest BCUT2D eigenvalue weighted by atomic mass is 9.92. The van der Waals surface area contributed by atoms with E-state index in [1.54, 1.807) is 4.90 Å². The number of nitrogens with zero attached hydrogens (tertiary/aromatic N) is 2. The van der Waals surface area contributed by atoms with E-state index in [9.17, 15) is 9.59 Å². The van der Waals surface area contributed by atoms with Crippen LogP contribution in [0.2, 0.25) is 18.1 Å². The molecule has 2 amide bonds. The topological polar surface area (TPSA) is 68.3 Å². The molecule has 2 aromatic rings. The number of hydrogen-bond donors (Lipinski definition) is 0. The van der Waals surface area contributed by atoms with E-state index in [1.165, 1.54) is 5.56 Å². The summed E-state index contributed by atoms with van der Waals surface area (Å²) in [6.07, 6.45) is 2.19. The molecule has 7 nitrogen and oxygen atoms in total. The molecule has 0 unspecified atom stereocenters. The lowest BCUT2D eigenvalue weighted by Gasteiger charge is -2.36. The van der Waals surface area contributed by atoms with Crippen LogP contribution in [0.15, 0.2) is 54.1 Å². The number of aryl methyl sites for hydroxylation is 1. The molecule has 1 aliphatic heterocycles. The van der Waals surface area contributed by atoms with Crippen molar-refractivity contribution >= 4 is 25.9 Å². The molecule has 0 radical (unpaired) electrons. The van der Waals surface area contributed by atoms with Gasteiger partial charge in [-0.3, -0.25) is 4.79 Å².